The summed E-state index contributed by atoms with van der Waals surface area (Å²) >= 11 is 0. The molecule has 5 heteroatoms. The zero-order valence-corrected chi connectivity index (χ0v) is 22.2. The van der Waals surface area contributed by atoms with Crippen molar-refractivity contribution in [3.05, 3.63) is 47.5 Å². The van der Waals surface area contributed by atoms with E-state index in [2.05, 4.69) is 51.3 Å². The standard InChI is InChI=1S/C29H44N2O3/c1-7-13-19-33-27-21-23(15-17-25(27)30(9-3)10-4)29(32)24-16-18-26(31(11-5)12-6)28(22-24)34-20-14-8-2/h15-18,21-22H,7-14,19-20H2,1-6H3. The summed E-state index contributed by atoms with van der Waals surface area (Å²) in [6.45, 7) is 17.7. The molecule has 0 N–H and O–H groups in total. The largest absolute Gasteiger partial charge is 0.491 e. The average Bonchev–Trinajstić information content (AvgIpc) is 2.86. The molecule has 2 aromatic carbocycles. The van der Waals surface area contributed by atoms with Crippen LogP contribution in [0.15, 0.2) is 36.4 Å². The van der Waals surface area contributed by atoms with Crippen LogP contribution in [-0.2, 0) is 0 Å². The fourth-order valence-electron chi connectivity index (χ4n) is 4.01. The molecular formula is C29H44N2O3. The van der Waals surface area contributed by atoms with E-state index >= 15 is 0 Å². The number of anilines is 2. The van der Waals surface area contributed by atoms with Crippen LogP contribution in [0.25, 0.3) is 0 Å². The van der Waals surface area contributed by atoms with Gasteiger partial charge in [0, 0.05) is 37.3 Å². The molecular weight excluding hydrogens is 424 g/mol. The van der Waals surface area contributed by atoms with E-state index in [1.165, 1.54) is 0 Å². The molecule has 0 unspecified atom stereocenters. The smallest absolute Gasteiger partial charge is 0.193 e. The van der Waals surface area contributed by atoms with Crippen molar-refractivity contribution >= 4 is 17.2 Å². The molecule has 0 aromatic heterocycles. The van der Waals surface area contributed by atoms with Gasteiger partial charge in [0.1, 0.15) is 11.5 Å². The number of benzene rings is 2. The third-order valence-corrected chi connectivity index (χ3v) is 6.16. The molecule has 5 nitrogen and oxygen atoms in total. The SMILES string of the molecule is CCCCOc1cc(C(=O)c2ccc(N(CC)CC)c(OCCCC)c2)ccc1N(CC)CC. The summed E-state index contributed by atoms with van der Waals surface area (Å²) in [5, 5.41) is 0. The fraction of sp³-hybridized carbons (Fsp3) is 0.552. The van der Waals surface area contributed by atoms with E-state index in [0.29, 0.717) is 24.3 Å². The molecule has 0 fully saturated rings. The Kier molecular flexibility index (Phi) is 11.8. The number of carbonyl (C=O) groups excluding carboxylic acids is 1. The molecule has 0 aliphatic rings. The molecule has 0 saturated heterocycles. The van der Waals surface area contributed by atoms with Crippen LogP contribution in [0.4, 0.5) is 11.4 Å². The summed E-state index contributed by atoms with van der Waals surface area (Å²) in [4.78, 5) is 18.0. The third kappa shape index (κ3) is 7.15. The van der Waals surface area contributed by atoms with Gasteiger partial charge in [-0.3, -0.25) is 4.79 Å². The van der Waals surface area contributed by atoms with Crippen LogP contribution in [-0.4, -0.2) is 45.2 Å². The van der Waals surface area contributed by atoms with Gasteiger partial charge in [0.2, 0.25) is 0 Å². The first-order chi connectivity index (χ1) is 16.5. The van der Waals surface area contributed by atoms with Gasteiger partial charge in [0.25, 0.3) is 0 Å². The summed E-state index contributed by atoms with van der Waals surface area (Å²) in [5.74, 6) is 1.54. The van der Waals surface area contributed by atoms with Gasteiger partial charge >= 0.3 is 0 Å². The highest BCUT2D eigenvalue weighted by molar-refractivity contribution is 6.10. The number of hydrogen-bond acceptors (Lipinski definition) is 5. The maximum Gasteiger partial charge on any atom is 0.193 e. The Morgan fingerprint density at radius 2 is 1.03 bits per heavy atom. The monoisotopic (exact) mass is 468 g/mol. The van der Waals surface area contributed by atoms with Crippen LogP contribution < -0.4 is 19.3 Å². The molecule has 2 rings (SSSR count). The molecule has 0 spiro atoms. The van der Waals surface area contributed by atoms with Crippen molar-refractivity contribution < 1.29 is 14.3 Å². The minimum Gasteiger partial charge on any atom is -0.491 e. The Morgan fingerprint density at radius 1 is 0.647 bits per heavy atom. The molecule has 0 heterocycles. The number of rotatable bonds is 16. The van der Waals surface area contributed by atoms with Gasteiger partial charge in [-0.25, -0.2) is 0 Å². The number of ketones is 1. The van der Waals surface area contributed by atoms with Crippen molar-refractivity contribution in [2.75, 3.05) is 49.2 Å². The van der Waals surface area contributed by atoms with E-state index < -0.39 is 0 Å². The molecule has 188 valence electrons. The van der Waals surface area contributed by atoms with Crippen molar-refractivity contribution in [1.82, 2.24) is 0 Å². The van der Waals surface area contributed by atoms with Crippen molar-refractivity contribution in [2.24, 2.45) is 0 Å². The van der Waals surface area contributed by atoms with Gasteiger partial charge in [0.15, 0.2) is 5.78 Å². The zero-order chi connectivity index (χ0) is 24.9. The van der Waals surface area contributed by atoms with E-state index in [-0.39, 0.29) is 5.78 Å². The highest BCUT2D eigenvalue weighted by Gasteiger charge is 2.18. The van der Waals surface area contributed by atoms with Crippen LogP contribution in [0.1, 0.15) is 83.1 Å². The zero-order valence-electron chi connectivity index (χ0n) is 22.2. The van der Waals surface area contributed by atoms with Crippen LogP contribution in [0, 0.1) is 0 Å². The normalized spacial score (nSPS) is 10.8. The van der Waals surface area contributed by atoms with Crippen molar-refractivity contribution in [3.8, 4) is 11.5 Å². The van der Waals surface area contributed by atoms with Crippen LogP contribution >= 0.6 is 0 Å². The molecule has 34 heavy (non-hydrogen) atoms. The van der Waals surface area contributed by atoms with Gasteiger partial charge < -0.3 is 19.3 Å². The molecule has 2 aromatic rings. The Morgan fingerprint density at radius 3 is 1.35 bits per heavy atom. The number of nitrogens with zero attached hydrogens (tertiary/aromatic N) is 2. The second-order valence-electron chi connectivity index (χ2n) is 8.44. The second kappa shape index (κ2) is 14.5. The Balaban J connectivity index is 2.42. The molecule has 0 aliphatic heterocycles. The third-order valence-electron chi connectivity index (χ3n) is 6.16. The predicted octanol–water partition coefficient (Wildman–Crippen LogP) is 6.97. The van der Waals surface area contributed by atoms with Gasteiger partial charge in [-0.1, -0.05) is 26.7 Å². The Labute approximate surface area is 207 Å². The minimum atomic E-state index is -0.0159. The topological polar surface area (TPSA) is 42.0 Å². The summed E-state index contributed by atoms with van der Waals surface area (Å²) in [7, 11) is 0. The van der Waals surface area contributed by atoms with Crippen LogP contribution in [0.5, 0.6) is 11.5 Å². The predicted molar refractivity (Wildman–Crippen MR) is 144 cm³/mol. The van der Waals surface area contributed by atoms with Crippen molar-refractivity contribution in [1.29, 1.82) is 0 Å². The van der Waals surface area contributed by atoms with E-state index in [1.54, 1.807) is 0 Å². The number of carbonyl (C=O) groups is 1. The first-order valence-electron chi connectivity index (χ1n) is 13.1. The minimum absolute atomic E-state index is 0.0159. The first-order valence-corrected chi connectivity index (χ1v) is 13.1. The van der Waals surface area contributed by atoms with Gasteiger partial charge in [-0.05, 0) is 76.9 Å². The molecule has 0 radical (unpaired) electrons. The van der Waals surface area contributed by atoms with Crippen LogP contribution in [0.2, 0.25) is 0 Å². The Bertz CT molecular complexity index is 817. The maximum absolute atomic E-state index is 13.5. The quantitative estimate of drug-likeness (QED) is 0.197. The fourth-order valence-corrected chi connectivity index (χ4v) is 4.01. The summed E-state index contributed by atoms with van der Waals surface area (Å²) < 4.78 is 12.3. The lowest BCUT2D eigenvalue weighted by molar-refractivity contribution is 0.103. The molecule has 0 atom stereocenters. The summed E-state index contributed by atoms with van der Waals surface area (Å²) in [6.07, 6.45) is 4.11. The lowest BCUT2D eigenvalue weighted by Gasteiger charge is -2.25. The molecule has 0 aliphatic carbocycles. The number of ether oxygens (including phenoxy) is 2. The van der Waals surface area contributed by atoms with Crippen LogP contribution in [0.3, 0.4) is 0 Å². The van der Waals surface area contributed by atoms with E-state index in [1.807, 2.05) is 36.4 Å². The Hall–Kier alpha value is -2.69. The lowest BCUT2D eigenvalue weighted by Crippen LogP contribution is -2.23. The number of unbranched alkanes of at least 4 members (excludes halogenated alkanes) is 2. The summed E-state index contributed by atoms with van der Waals surface area (Å²) in [6, 6.07) is 11.7. The van der Waals surface area contributed by atoms with E-state index in [4.69, 9.17) is 9.47 Å². The highest BCUT2D eigenvalue weighted by atomic mass is 16.5. The first kappa shape index (κ1) is 27.6. The molecule has 0 saturated carbocycles. The maximum atomic E-state index is 13.5. The average molecular weight is 469 g/mol. The van der Waals surface area contributed by atoms with Gasteiger partial charge in [-0.2, -0.15) is 0 Å². The van der Waals surface area contributed by atoms with Crippen molar-refractivity contribution in [2.45, 2.75) is 67.2 Å². The number of hydrogen-bond donors (Lipinski definition) is 0. The van der Waals surface area contributed by atoms with Gasteiger partial charge in [-0.15, -0.1) is 0 Å². The molecule has 0 amide bonds. The van der Waals surface area contributed by atoms with Crippen molar-refractivity contribution in [3.63, 3.8) is 0 Å². The highest BCUT2D eigenvalue weighted by Crippen LogP contribution is 2.33. The molecule has 0 bridgehead atoms. The van der Waals surface area contributed by atoms with Gasteiger partial charge in [0.05, 0.1) is 24.6 Å². The van der Waals surface area contributed by atoms with E-state index in [9.17, 15) is 4.79 Å². The van der Waals surface area contributed by atoms with E-state index in [0.717, 1.165) is 74.7 Å². The summed E-state index contributed by atoms with van der Waals surface area (Å²) in [5.41, 5.74) is 3.35. The second-order valence-corrected chi connectivity index (χ2v) is 8.44. The lowest BCUT2D eigenvalue weighted by atomic mass is 10.0.